The third-order valence-electron chi connectivity index (χ3n) is 8.33. The molecule has 3 N–H and O–H groups in total. The molecule has 2 heterocycles. The zero-order chi connectivity index (χ0) is 31.6. The number of nitrogens with zero attached hydrogens (tertiary/aromatic N) is 5. The first kappa shape index (κ1) is 37.7. The van der Waals surface area contributed by atoms with E-state index in [1.165, 1.54) is 24.6 Å². The van der Waals surface area contributed by atoms with Gasteiger partial charge in [0.15, 0.2) is 0 Å². The Labute approximate surface area is 259 Å². The number of aryl methyl sites for hydroxylation is 2. The van der Waals surface area contributed by atoms with Gasteiger partial charge in [-0.2, -0.15) is 0 Å². The Morgan fingerprint density at radius 2 is 1.16 bits per heavy atom. The second-order valence-electron chi connectivity index (χ2n) is 11.3. The van der Waals surface area contributed by atoms with Crippen molar-refractivity contribution in [2.45, 2.75) is 59.0 Å². The summed E-state index contributed by atoms with van der Waals surface area (Å²) < 4.78 is 10.8. The maximum absolute atomic E-state index is 11.0. The number of nitrogens with two attached hydrogens (primary N) is 1. The molecule has 0 saturated carbocycles. The quantitative estimate of drug-likeness (QED) is 0.259. The highest BCUT2D eigenvalue weighted by atomic mass is 16.6. The van der Waals surface area contributed by atoms with Crippen molar-refractivity contribution in [3.05, 3.63) is 45.5 Å². The Morgan fingerprint density at radius 3 is 1.51 bits per heavy atom. The zero-order valence-corrected chi connectivity index (χ0v) is 27.0. The van der Waals surface area contributed by atoms with Crippen LogP contribution < -0.4 is 25.0 Å². The SMILES string of the molecule is C.CO.COc1cc(N)c(C)cc1N1CCC(N(C)C)CC1.COc1cc([N+](=O)[O-])c(C)cc1N1CCC(N(C)C)CC1. The van der Waals surface area contributed by atoms with Gasteiger partial charge < -0.3 is 39.9 Å². The van der Waals surface area contributed by atoms with Gasteiger partial charge in [0, 0.05) is 62.7 Å². The maximum Gasteiger partial charge on any atom is 0.276 e. The van der Waals surface area contributed by atoms with Crippen LogP contribution in [-0.2, 0) is 0 Å². The third kappa shape index (κ3) is 9.87. The monoisotopic (exact) mass is 604 g/mol. The molecule has 2 aliphatic rings. The number of nitrogen functional groups attached to an aromatic ring is 1. The van der Waals surface area contributed by atoms with Crippen LogP contribution in [0.25, 0.3) is 0 Å². The average molecular weight is 605 g/mol. The molecule has 11 heteroatoms. The number of ether oxygens (including phenoxy) is 2. The van der Waals surface area contributed by atoms with E-state index >= 15 is 0 Å². The van der Waals surface area contributed by atoms with E-state index in [9.17, 15) is 10.1 Å². The summed E-state index contributed by atoms with van der Waals surface area (Å²) in [6, 6.07) is 8.77. The molecule has 2 aromatic carbocycles. The summed E-state index contributed by atoms with van der Waals surface area (Å²) in [6.07, 6.45) is 4.57. The topological polar surface area (TPSA) is 121 Å². The van der Waals surface area contributed by atoms with E-state index in [2.05, 4.69) is 53.9 Å². The first-order valence-corrected chi connectivity index (χ1v) is 14.5. The number of aliphatic hydroxyl groups is 1. The van der Waals surface area contributed by atoms with E-state index < -0.39 is 0 Å². The molecule has 0 atom stereocenters. The Balaban J connectivity index is 0.000000399. The van der Waals surface area contributed by atoms with E-state index in [-0.39, 0.29) is 18.0 Å². The molecule has 4 rings (SSSR count). The van der Waals surface area contributed by atoms with Crippen LogP contribution in [0.2, 0.25) is 0 Å². The van der Waals surface area contributed by atoms with Crippen molar-refractivity contribution < 1.29 is 19.5 Å². The van der Waals surface area contributed by atoms with Crippen molar-refractivity contribution in [2.75, 3.05) is 91.2 Å². The van der Waals surface area contributed by atoms with Crippen molar-refractivity contribution in [2.24, 2.45) is 0 Å². The molecule has 0 aromatic heterocycles. The molecule has 2 aromatic rings. The lowest BCUT2D eigenvalue weighted by molar-refractivity contribution is -0.385. The summed E-state index contributed by atoms with van der Waals surface area (Å²) >= 11 is 0. The lowest BCUT2D eigenvalue weighted by Crippen LogP contribution is -2.42. The van der Waals surface area contributed by atoms with Crippen LogP contribution in [0.3, 0.4) is 0 Å². The highest BCUT2D eigenvalue weighted by molar-refractivity contribution is 5.67. The zero-order valence-electron chi connectivity index (χ0n) is 27.0. The number of nitro benzene ring substituents is 1. The molecular weight excluding hydrogens is 548 g/mol. The minimum Gasteiger partial charge on any atom is -0.495 e. The Hall–Kier alpha value is -3.28. The Morgan fingerprint density at radius 1 is 0.791 bits per heavy atom. The normalized spacial score (nSPS) is 15.6. The summed E-state index contributed by atoms with van der Waals surface area (Å²) in [5.41, 5.74) is 10.8. The van der Waals surface area contributed by atoms with E-state index in [1.54, 1.807) is 21.1 Å². The molecule has 43 heavy (non-hydrogen) atoms. The van der Waals surface area contributed by atoms with Crippen molar-refractivity contribution in [3.8, 4) is 11.5 Å². The van der Waals surface area contributed by atoms with Crippen molar-refractivity contribution in [3.63, 3.8) is 0 Å². The summed E-state index contributed by atoms with van der Waals surface area (Å²) in [6.45, 7) is 7.84. The fraction of sp³-hybridized carbons (Fsp3) is 0.625. The van der Waals surface area contributed by atoms with E-state index in [1.807, 2.05) is 19.1 Å². The van der Waals surface area contributed by atoms with E-state index in [0.29, 0.717) is 23.4 Å². The predicted molar refractivity (Wildman–Crippen MR) is 179 cm³/mol. The molecule has 0 aliphatic carbocycles. The molecule has 244 valence electrons. The summed E-state index contributed by atoms with van der Waals surface area (Å²) in [4.78, 5) is 19.9. The molecule has 0 radical (unpaired) electrons. The van der Waals surface area contributed by atoms with Crippen molar-refractivity contribution in [1.82, 2.24) is 9.80 Å². The van der Waals surface area contributed by atoms with Gasteiger partial charge in [-0.15, -0.1) is 0 Å². The van der Waals surface area contributed by atoms with Crippen molar-refractivity contribution in [1.29, 1.82) is 0 Å². The number of hydrogen-bond donors (Lipinski definition) is 2. The summed E-state index contributed by atoms with van der Waals surface area (Å²) in [7, 11) is 12.8. The molecule has 0 amide bonds. The lowest BCUT2D eigenvalue weighted by Gasteiger charge is -2.37. The largest absolute Gasteiger partial charge is 0.495 e. The van der Waals surface area contributed by atoms with Crippen molar-refractivity contribution >= 4 is 22.7 Å². The van der Waals surface area contributed by atoms with Gasteiger partial charge >= 0.3 is 0 Å². The number of anilines is 3. The van der Waals surface area contributed by atoms with Crippen LogP contribution in [-0.4, -0.2) is 108 Å². The van der Waals surface area contributed by atoms with Crippen LogP contribution in [0.1, 0.15) is 44.2 Å². The summed E-state index contributed by atoms with van der Waals surface area (Å²) in [5, 5.41) is 18.0. The van der Waals surface area contributed by atoms with E-state index in [4.69, 9.17) is 20.3 Å². The summed E-state index contributed by atoms with van der Waals surface area (Å²) in [5.74, 6) is 1.46. The van der Waals surface area contributed by atoms with Gasteiger partial charge in [0.25, 0.3) is 5.69 Å². The molecule has 0 spiro atoms. The highest BCUT2D eigenvalue weighted by Crippen LogP contribution is 2.37. The first-order chi connectivity index (χ1) is 20.0. The number of benzene rings is 2. The minimum atomic E-state index is -0.361. The predicted octanol–water partition coefficient (Wildman–Crippen LogP) is 4.80. The van der Waals surface area contributed by atoms with Gasteiger partial charge in [0.2, 0.25) is 0 Å². The van der Waals surface area contributed by atoms with Gasteiger partial charge in [-0.05, 0) is 85.4 Å². The molecule has 2 saturated heterocycles. The van der Waals surface area contributed by atoms with E-state index in [0.717, 1.165) is 68.8 Å². The lowest BCUT2D eigenvalue weighted by atomic mass is 10.0. The fourth-order valence-electron chi connectivity index (χ4n) is 5.61. The number of aliphatic hydroxyl groups excluding tert-OH is 1. The van der Waals surface area contributed by atoms with Gasteiger partial charge in [0.1, 0.15) is 11.5 Å². The number of methoxy groups -OCH3 is 2. The number of piperidine rings is 2. The molecular formula is C32H56N6O5. The molecule has 0 bridgehead atoms. The number of hydrogen-bond acceptors (Lipinski definition) is 10. The first-order valence-electron chi connectivity index (χ1n) is 14.5. The molecule has 2 fully saturated rings. The second kappa shape index (κ2) is 17.7. The maximum atomic E-state index is 11.0. The van der Waals surface area contributed by atoms with Gasteiger partial charge in [-0.25, -0.2) is 0 Å². The third-order valence-corrected chi connectivity index (χ3v) is 8.33. The average Bonchev–Trinajstić information content (AvgIpc) is 2.99. The number of nitro groups is 1. The smallest absolute Gasteiger partial charge is 0.276 e. The standard InChI is InChI=1S/C15H23N3O3.C15H25N3O.CH4O.CH4/c1-11-9-14(15(21-4)10-13(11)18(19)20)17-7-5-12(6-8-17)16(2)3;1-11-9-14(15(19-4)10-13(11)16)18-7-5-12(6-8-18)17(2)3;1-2;/h9-10,12H,5-8H2,1-4H3;9-10,12H,5-8,16H2,1-4H3;2H,1H3;1H4. The van der Waals surface area contributed by atoms with Crippen LogP contribution in [0, 0.1) is 24.0 Å². The van der Waals surface area contributed by atoms with Crippen LogP contribution in [0.5, 0.6) is 11.5 Å². The number of rotatable bonds is 7. The molecule has 11 nitrogen and oxygen atoms in total. The Kier molecular flexibility index (Phi) is 15.6. The van der Waals surface area contributed by atoms with Crippen LogP contribution in [0.15, 0.2) is 24.3 Å². The molecule has 0 unspecified atom stereocenters. The minimum absolute atomic E-state index is 0. The second-order valence-corrected chi connectivity index (χ2v) is 11.3. The van der Waals surface area contributed by atoms with Crippen LogP contribution in [0.4, 0.5) is 22.7 Å². The van der Waals surface area contributed by atoms with Crippen LogP contribution >= 0.6 is 0 Å². The fourth-order valence-corrected chi connectivity index (χ4v) is 5.61. The van der Waals surface area contributed by atoms with Gasteiger partial charge in [0.05, 0.1) is 36.6 Å². The van der Waals surface area contributed by atoms with Gasteiger partial charge in [-0.1, -0.05) is 7.43 Å². The van der Waals surface area contributed by atoms with Gasteiger partial charge in [-0.3, -0.25) is 10.1 Å². The highest BCUT2D eigenvalue weighted by Gasteiger charge is 2.25. The Bertz CT molecular complexity index is 1140. The molecule has 2 aliphatic heterocycles.